The molecular weight excluding hydrogens is 499 g/mol. The summed E-state index contributed by atoms with van der Waals surface area (Å²) in [5.74, 6) is 0.472. The van der Waals surface area contributed by atoms with E-state index in [0.717, 1.165) is 30.8 Å². The fourth-order valence-corrected chi connectivity index (χ4v) is 5.20. The van der Waals surface area contributed by atoms with Crippen LogP contribution in [0.15, 0.2) is 53.6 Å². The van der Waals surface area contributed by atoms with Crippen molar-refractivity contribution in [1.29, 1.82) is 0 Å². The lowest BCUT2D eigenvalue weighted by atomic mass is 10.1. The van der Waals surface area contributed by atoms with Crippen molar-refractivity contribution >= 4 is 23.4 Å². The number of halogens is 1. The number of hydrogen-bond acceptors (Lipinski definition) is 5. The quantitative estimate of drug-likeness (QED) is 0.191. The van der Waals surface area contributed by atoms with Gasteiger partial charge in [0, 0.05) is 18.4 Å². The van der Waals surface area contributed by atoms with Crippen molar-refractivity contribution in [2.45, 2.75) is 84.6 Å². The van der Waals surface area contributed by atoms with Gasteiger partial charge in [0.25, 0.3) is 5.91 Å². The van der Waals surface area contributed by atoms with E-state index in [-0.39, 0.29) is 24.0 Å². The first-order valence-electron chi connectivity index (χ1n) is 14.0. The van der Waals surface area contributed by atoms with Crippen molar-refractivity contribution in [3.63, 3.8) is 0 Å². The number of nitrogens with one attached hydrogen (secondary N) is 1. The molecule has 1 heterocycles. The van der Waals surface area contributed by atoms with E-state index in [2.05, 4.69) is 30.3 Å². The van der Waals surface area contributed by atoms with Gasteiger partial charge < -0.3 is 19.7 Å². The molecule has 3 rings (SSSR count). The number of para-hydroxylation sites is 1. The number of thioether (sulfide) groups is 1. The summed E-state index contributed by atoms with van der Waals surface area (Å²) in [7, 11) is 0. The molecule has 208 valence electrons. The number of rotatable bonds is 18. The van der Waals surface area contributed by atoms with Crippen molar-refractivity contribution in [2.75, 3.05) is 24.4 Å². The lowest BCUT2D eigenvalue weighted by Gasteiger charge is -2.16. The second-order valence-corrected chi connectivity index (χ2v) is 11.1. The zero-order valence-corrected chi connectivity index (χ0v) is 23.8. The zero-order valence-electron chi connectivity index (χ0n) is 23.0. The van der Waals surface area contributed by atoms with E-state index in [1.807, 2.05) is 36.0 Å². The molecule has 0 unspecified atom stereocenters. The molecule has 38 heavy (non-hydrogen) atoms. The molecule has 0 aromatic heterocycles. The Morgan fingerprint density at radius 1 is 0.974 bits per heavy atom. The van der Waals surface area contributed by atoms with Crippen LogP contribution in [0.2, 0.25) is 0 Å². The Labute approximate surface area is 232 Å². The number of carbonyl (C=O) groups is 1. The standard InChI is InChI=1S/C31H43FN2O3S/c1-3-4-5-6-7-8-9-10-11-12-19-36-31-28(32)17-14-18-29(31)37-23-30(35)33-27-16-13-15-26(20-27)22-34-21-25(2)38-24-34/h13-18,20-21H,3-12,19,22-24H2,1-2H3,(H,33,35). The molecule has 1 amide bonds. The fourth-order valence-electron chi connectivity index (χ4n) is 4.44. The van der Waals surface area contributed by atoms with Crippen LogP contribution in [0.1, 0.15) is 83.6 Å². The minimum absolute atomic E-state index is 0.0741. The van der Waals surface area contributed by atoms with E-state index < -0.39 is 5.82 Å². The molecule has 0 atom stereocenters. The summed E-state index contributed by atoms with van der Waals surface area (Å²) in [6.45, 7) is 5.33. The van der Waals surface area contributed by atoms with Gasteiger partial charge in [-0.05, 0) is 48.1 Å². The number of unbranched alkanes of at least 4 members (excludes halogenated alkanes) is 9. The lowest BCUT2D eigenvalue weighted by molar-refractivity contribution is -0.118. The highest BCUT2D eigenvalue weighted by Crippen LogP contribution is 2.30. The molecule has 0 fully saturated rings. The number of hydrogen-bond donors (Lipinski definition) is 1. The maximum absolute atomic E-state index is 14.4. The minimum atomic E-state index is -0.480. The summed E-state index contributed by atoms with van der Waals surface area (Å²) in [4.78, 5) is 16.1. The molecule has 2 aromatic rings. The van der Waals surface area contributed by atoms with E-state index in [1.54, 1.807) is 12.1 Å². The number of ether oxygens (including phenoxy) is 2. The Morgan fingerprint density at radius 2 is 1.68 bits per heavy atom. The number of nitrogens with zero attached hydrogens (tertiary/aromatic N) is 1. The maximum atomic E-state index is 14.4. The predicted octanol–water partition coefficient (Wildman–Crippen LogP) is 8.51. The summed E-state index contributed by atoms with van der Waals surface area (Å²) in [6, 6.07) is 12.3. The highest BCUT2D eigenvalue weighted by Gasteiger charge is 2.14. The van der Waals surface area contributed by atoms with Gasteiger partial charge in [-0.15, -0.1) is 11.8 Å². The molecule has 0 aliphatic carbocycles. The van der Waals surface area contributed by atoms with Gasteiger partial charge in [-0.1, -0.05) is 82.9 Å². The highest BCUT2D eigenvalue weighted by atomic mass is 32.2. The van der Waals surface area contributed by atoms with Gasteiger partial charge in [-0.3, -0.25) is 4.79 Å². The molecule has 1 aliphatic heterocycles. The second-order valence-electron chi connectivity index (χ2n) is 9.89. The van der Waals surface area contributed by atoms with Crippen molar-refractivity contribution in [3.8, 4) is 11.5 Å². The van der Waals surface area contributed by atoms with Crippen LogP contribution in [0, 0.1) is 5.82 Å². The Hall–Kier alpha value is -2.67. The highest BCUT2D eigenvalue weighted by molar-refractivity contribution is 8.03. The van der Waals surface area contributed by atoms with E-state index in [0.29, 0.717) is 12.3 Å². The van der Waals surface area contributed by atoms with Crippen LogP contribution in [0.5, 0.6) is 11.5 Å². The molecule has 2 aromatic carbocycles. The van der Waals surface area contributed by atoms with Crippen LogP contribution in [-0.4, -0.2) is 29.9 Å². The molecule has 5 nitrogen and oxygen atoms in total. The molecule has 0 bridgehead atoms. The van der Waals surface area contributed by atoms with Gasteiger partial charge in [0.1, 0.15) is 0 Å². The fraction of sp³-hybridized carbons (Fsp3) is 0.516. The number of anilines is 1. The van der Waals surface area contributed by atoms with E-state index in [9.17, 15) is 9.18 Å². The first-order chi connectivity index (χ1) is 18.5. The topological polar surface area (TPSA) is 50.8 Å². The Morgan fingerprint density at radius 3 is 2.39 bits per heavy atom. The maximum Gasteiger partial charge on any atom is 0.262 e. The van der Waals surface area contributed by atoms with Gasteiger partial charge in [0.15, 0.2) is 23.9 Å². The van der Waals surface area contributed by atoms with Crippen LogP contribution in [-0.2, 0) is 11.3 Å². The summed E-state index contributed by atoms with van der Waals surface area (Å²) >= 11 is 1.82. The number of benzene rings is 2. The molecule has 0 saturated heterocycles. The zero-order chi connectivity index (χ0) is 27.0. The largest absolute Gasteiger partial charge is 0.487 e. The monoisotopic (exact) mass is 542 g/mol. The average molecular weight is 543 g/mol. The Bertz CT molecular complexity index is 1030. The van der Waals surface area contributed by atoms with Crippen molar-refractivity contribution in [1.82, 2.24) is 4.90 Å². The van der Waals surface area contributed by atoms with E-state index >= 15 is 0 Å². The Balaban J connectivity index is 1.37. The van der Waals surface area contributed by atoms with Crippen LogP contribution < -0.4 is 14.8 Å². The van der Waals surface area contributed by atoms with Gasteiger partial charge in [-0.2, -0.15) is 0 Å². The predicted molar refractivity (Wildman–Crippen MR) is 156 cm³/mol. The van der Waals surface area contributed by atoms with Gasteiger partial charge in [0.2, 0.25) is 0 Å². The molecular formula is C31H43FN2O3S. The molecule has 7 heteroatoms. The van der Waals surface area contributed by atoms with E-state index in [4.69, 9.17) is 9.47 Å². The second kappa shape index (κ2) is 17.0. The van der Waals surface area contributed by atoms with Crippen molar-refractivity contribution in [3.05, 3.63) is 65.0 Å². The van der Waals surface area contributed by atoms with Crippen LogP contribution >= 0.6 is 11.8 Å². The third-order valence-electron chi connectivity index (χ3n) is 6.45. The summed E-state index contributed by atoms with van der Waals surface area (Å²) in [5, 5.41) is 2.87. The SMILES string of the molecule is CCCCCCCCCCCCOc1c(F)cccc1OCC(=O)Nc1cccc(CN2C=C(C)SC2)c1. The normalized spacial score (nSPS) is 12.9. The first-order valence-corrected chi connectivity index (χ1v) is 15.0. The smallest absolute Gasteiger partial charge is 0.262 e. The lowest BCUT2D eigenvalue weighted by Crippen LogP contribution is -2.20. The summed E-state index contributed by atoms with van der Waals surface area (Å²) in [6.07, 6.45) is 14.4. The Kier molecular flexibility index (Phi) is 13.4. The van der Waals surface area contributed by atoms with Gasteiger partial charge in [-0.25, -0.2) is 4.39 Å². The number of allylic oxidation sites excluding steroid dienone is 1. The minimum Gasteiger partial charge on any atom is -0.487 e. The number of carbonyl (C=O) groups excluding carboxylic acids is 1. The van der Waals surface area contributed by atoms with Gasteiger partial charge >= 0.3 is 0 Å². The number of amides is 1. The van der Waals surface area contributed by atoms with Crippen LogP contribution in [0.25, 0.3) is 0 Å². The molecule has 1 aliphatic rings. The third kappa shape index (κ3) is 11.0. The van der Waals surface area contributed by atoms with E-state index in [1.165, 1.54) is 62.3 Å². The molecule has 1 N–H and O–H groups in total. The van der Waals surface area contributed by atoms with Crippen LogP contribution in [0.3, 0.4) is 0 Å². The van der Waals surface area contributed by atoms with Crippen molar-refractivity contribution in [2.24, 2.45) is 0 Å². The summed E-state index contributed by atoms with van der Waals surface area (Å²) in [5.41, 5.74) is 1.82. The molecule has 0 spiro atoms. The van der Waals surface area contributed by atoms with Crippen molar-refractivity contribution < 1.29 is 18.7 Å². The average Bonchev–Trinajstić information content (AvgIpc) is 3.31. The first kappa shape index (κ1) is 29.9. The van der Waals surface area contributed by atoms with Crippen LogP contribution in [0.4, 0.5) is 10.1 Å². The molecule has 0 radical (unpaired) electrons. The van der Waals surface area contributed by atoms with Gasteiger partial charge in [0.05, 0.1) is 12.5 Å². The summed E-state index contributed by atoms with van der Waals surface area (Å²) < 4.78 is 25.8. The molecule has 0 saturated carbocycles. The third-order valence-corrected chi connectivity index (χ3v) is 7.47.